The molecular formula is C40H59N7O12S2. The van der Waals surface area contributed by atoms with Gasteiger partial charge >= 0.3 is 6.09 Å². The fraction of sp³-hybridized carbons (Fsp3) is 0.550. The molecule has 0 bridgehead atoms. The van der Waals surface area contributed by atoms with Gasteiger partial charge in [0.05, 0.1) is 39.6 Å². The van der Waals surface area contributed by atoms with E-state index >= 15 is 0 Å². The van der Waals surface area contributed by atoms with E-state index in [4.69, 9.17) is 40.0 Å². The topological polar surface area (TPSA) is 270 Å². The monoisotopic (exact) mass is 893 g/mol. The number of hydrogen-bond acceptors (Lipinski definition) is 15. The number of carbonyl (C=O) groups is 6. The molecule has 0 radical (unpaired) electrons. The first kappa shape index (κ1) is 50.9. The Balaban J connectivity index is 1.32. The van der Waals surface area contributed by atoms with Crippen LogP contribution in [0.5, 0.6) is 0 Å². The predicted molar refractivity (Wildman–Crippen MR) is 230 cm³/mol. The van der Waals surface area contributed by atoms with Crippen molar-refractivity contribution in [1.82, 2.24) is 26.7 Å². The Bertz CT molecular complexity index is 1630. The molecule has 19 nitrogen and oxygen atoms in total. The number of unbranched alkanes of at least 4 members (excludes halogenated alkanes) is 1. The highest BCUT2D eigenvalue weighted by atomic mass is 33.1. The van der Waals surface area contributed by atoms with Crippen molar-refractivity contribution in [3.05, 3.63) is 59.7 Å². The van der Waals surface area contributed by atoms with Crippen LogP contribution >= 0.6 is 21.6 Å². The molecule has 3 rings (SSSR count). The van der Waals surface area contributed by atoms with Gasteiger partial charge in [0, 0.05) is 37.1 Å². The third kappa shape index (κ3) is 20.3. The lowest BCUT2D eigenvalue weighted by molar-refractivity contribution is -0.133. The first-order valence-electron chi connectivity index (χ1n) is 20.0. The molecule has 1 aliphatic rings. The van der Waals surface area contributed by atoms with Gasteiger partial charge in [0.15, 0.2) is 6.61 Å². The average Bonchev–Trinajstić information content (AvgIpc) is 3.57. The van der Waals surface area contributed by atoms with E-state index < -0.39 is 48.4 Å². The lowest BCUT2D eigenvalue weighted by Crippen LogP contribution is -2.54. The molecule has 61 heavy (non-hydrogen) atoms. The number of hydrogen-bond donors (Lipinski definition) is 7. The van der Waals surface area contributed by atoms with Crippen molar-refractivity contribution in [3.63, 3.8) is 0 Å². The number of fused-ring (bicyclic) bond motifs is 3. The highest BCUT2D eigenvalue weighted by Crippen LogP contribution is 2.44. The zero-order valence-corrected chi connectivity index (χ0v) is 36.1. The Labute approximate surface area is 363 Å². The third-order valence-corrected chi connectivity index (χ3v) is 11.2. The van der Waals surface area contributed by atoms with Crippen LogP contribution in [0, 0.1) is 0 Å². The second-order valence-electron chi connectivity index (χ2n) is 13.3. The fourth-order valence-corrected chi connectivity index (χ4v) is 7.72. The van der Waals surface area contributed by atoms with Crippen LogP contribution in [-0.4, -0.2) is 145 Å². The summed E-state index contributed by atoms with van der Waals surface area (Å²) in [5, 5.41) is 10.6. The summed E-state index contributed by atoms with van der Waals surface area (Å²) in [5.74, 6) is -1.75. The molecule has 2 atom stereocenters. The van der Waals surface area contributed by atoms with E-state index in [2.05, 4.69) is 26.7 Å². The van der Waals surface area contributed by atoms with Gasteiger partial charge in [-0.3, -0.25) is 28.8 Å². The lowest BCUT2D eigenvalue weighted by Gasteiger charge is -2.22. The summed E-state index contributed by atoms with van der Waals surface area (Å²) in [6.07, 6.45) is 0.179. The van der Waals surface area contributed by atoms with Gasteiger partial charge in [0.1, 0.15) is 31.9 Å². The molecule has 2 aromatic carbocycles. The van der Waals surface area contributed by atoms with E-state index in [9.17, 15) is 28.8 Å². The van der Waals surface area contributed by atoms with Crippen LogP contribution in [0.3, 0.4) is 0 Å². The Hall–Kier alpha value is -4.48. The molecular weight excluding hydrogens is 835 g/mol. The smallest absolute Gasteiger partial charge is 0.431 e. The van der Waals surface area contributed by atoms with Crippen molar-refractivity contribution >= 4 is 57.2 Å². The molecule has 1 aliphatic carbocycles. The van der Waals surface area contributed by atoms with Gasteiger partial charge in [0.2, 0.25) is 29.5 Å². The molecule has 6 amide bonds. The molecule has 0 saturated heterocycles. The summed E-state index contributed by atoms with van der Waals surface area (Å²) in [6, 6.07) is 13.9. The summed E-state index contributed by atoms with van der Waals surface area (Å²) in [7, 11) is 2.90. The average molecular weight is 894 g/mol. The van der Waals surface area contributed by atoms with E-state index in [0.29, 0.717) is 32.6 Å². The van der Waals surface area contributed by atoms with Crippen molar-refractivity contribution in [2.24, 2.45) is 11.5 Å². The maximum atomic E-state index is 13.2. The molecule has 0 aliphatic heterocycles. The fourth-order valence-electron chi connectivity index (χ4n) is 5.88. The Morgan fingerprint density at radius 2 is 1.30 bits per heavy atom. The predicted octanol–water partition coefficient (Wildman–Crippen LogP) is 0.741. The molecule has 338 valence electrons. The highest BCUT2D eigenvalue weighted by molar-refractivity contribution is 8.76. The summed E-state index contributed by atoms with van der Waals surface area (Å²) in [6.45, 7) is 3.49. The second kappa shape index (κ2) is 30.5. The van der Waals surface area contributed by atoms with Crippen LogP contribution in [-0.2, 0) is 52.5 Å². The Morgan fingerprint density at radius 3 is 1.95 bits per heavy atom. The minimum Gasteiger partial charge on any atom is -0.447 e. The highest BCUT2D eigenvalue weighted by Gasteiger charge is 2.29. The number of benzene rings is 2. The zero-order valence-electron chi connectivity index (χ0n) is 34.4. The standard InChI is InChI=1S/C40H59N7O12S2/c1-2-60-61-27-34(38(42)51)46-39(52)33(45-37(50)25-57-22-20-55-18-16-44-35(48)24-56-21-19-54-17-14-41)13-7-8-15-43-36(49)26-59-47-40(53)58-23-32-30-11-5-3-9-28(30)29-10-4-6-12-31(29)32/h3-6,9-12,32-34H,2,7-8,13-27,41H2,1H3,(H2,42,51)(H,43,49)(H,44,48)(H,45,50)(H,46,52)(H,47,53)/t33?,34-/m0/s1. The van der Waals surface area contributed by atoms with E-state index in [0.717, 1.165) is 28.0 Å². The van der Waals surface area contributed by atoms with E-state index in [1.165, 1.54) is 21.6 Å². The molecule has 0 fully saturated rings. The summed E-state index contributed by atoms with van der Waals surface area (Å²) >= 11 is 0. The minimum atomic E-state index is -1.02. The normalized spacial score (nSPS) is 12.7. The Kier molecular flexibility index (Phi) is 25.5. The lowest BCUT2D eigenvalue weighted by atomic mass is 9.98. The molecule has 0 heterocycles. The van der Waals surface area contributed by atoms with Crippen molar-refractivity contribution in [2.45, 2.75) is 44.2 Å². The number of primary amides is 1. The first-order chi connectivity index (χ1) is 29.6. The number of ether oxygens (including phenoxy) is 5. The zero-order chi connectivity index (χ0) is 44.1. The first-order valence-corrected chi connectivity index (χ1v) is 22.5. The summed E-state index contributed by atoms with van der Waals surface area (Å²) in [5.41, 5.74) is 17.3. The van der Waals surface area contributed by atoms with Crippen molar-refractivity contribution in [3.8, 4) is 11.1 Å². The van der Waals surface area contributed by atoms with Crippen LogP contribution in [0.15, 0.2) is 48.5 Å². The molecule has 2 aromatic rings. The third-order valence-electron chi connectivity index (χ3n) is 8.73. The van der Waals surface area contributed by atoms with Gasteiger partial charge in [0.25, 0.3) is 0 Å². The number of hydroxylamine groups is 1. The maximum absolute atomic E-state index is 13.2. The van der Waals surface area contributed by atoms with Crippen LogP contribution in [0.2, 0.25) is 0 Å². The number of amides is 6. The molecule has 21 heteroatoms. The number of nitrogens with one attached hydrogen (secondary N) is 5. The van der Waals surface area contributed by atoms with Crippen LogP contribution in [0.25, 0.3) is 11.1 Å². The van der Waals surface area contributed by atoms with E-state index in [-0.39, 0.29) is 83.3 Å². The van der Waals surface area contributed by atoms with Crippen LogP contribution in [0.1, 0.15) is 43.2 Å². The van der Waals surface area contributed by atoms with Gasteiger partial charge in [-0.1, -0.05) is 77.0 Å². The van der Waals surface area contributed by atoms with E-state index in [1.54, 1.807) is 0 Å². The Morgan fingerprint density at radius 1 is 0.689 bits per heavy atom. The van der Waals surface area contributed by atoms with Gasteiger partial charge in [-0.15, -0.1) is 0 Å². The van der Waals surface area contributed by atoms with Crippen molar-refractivity contribution in [2.75, 3.05) is 97.2 Å². The van der Waals surface area contributed by atoms with Crippen LogP contribution in [0.4, 0.5) is 4.79 Å². The van der Waals surface area contributed by atoms with Crippen LogP contribution < -0.4 is 38.2 Å². The molecule has 0 spiro atoms. The molecule has 9 N–H and O–H groups in total. The largest absolute Gasteiger partial charge is 0.447 e. The molecule has 0 saturated carbocycles. The van der Waals surface area contributed by atoms with Gasteiger partial charge < -0.3 is 56.4 Å². The molecule has 1 unspecified atom stereocenters. The van der Waals surface area contributed by atoms with Crippen molar-refractivity contribution < 1.29 is 57.3 Å². The van der Waals surface area contributed by atoms with Gasteiger partial charge in [-0.05, 0) is 41.5 Å². The second-order valence-corrected chi connectivity index (χ2v) is 16.1. The summed E-state index contributed by atoms with van der Waals surface area (Å²) < 4.78 is 26.6. The minimum absolute atomic E-state index is 0.0742. The van der Waals surface area contributed by atoms with E-state index in [1.807, 2.05) is 55.5 Å². The maximum Gasteiger partial charge on any atom is 0.431 e. The van der Waals surface area contributed by atoms with Gasteiger partial charge in [-0.2, -0.15) is 5.48 Å². The number of carbonyl (C=O) groups excluding carboxylic acids is 6. The number of rotatable bonds is 33. The quantitative estimate of drug-likeness (QED) is 0.0296. The van der Waals surface area contributed by atoms with Gasteiger partial charge in [-0.25, -0.2) is 4.79 Å². The molecule has 0 aromatic heterocycles. The summed E-state index contributed by atoms with van der Waals surface area (Å²) in [4.78, 5) is 79.6. The number of nitrogens with two attached hydrogens (primary N) is 2. The SMILES string of the molecule is CCSSC[C@H](NC(=O)C(CCCCNC(=O)CONC(=O)OCC1c2ccccc2-c2ccccc21)NC(=O)COCCOCCNC(=O)COCCOCCN)C(N)=O. The van der Waals surface area contributed by atoms with Crippen molar-refractivity contribution in [1.29, 1.82) is 0 Å².